The molecule has 7 heteroatoms. The first kappa shape index (κ1) is 22.5. The number of aryl methyl sites for hydroxylation is 1. The number of rotatable bonds is 5. The predicted molar refractivity (Wildman–Crippen MR) is 116 cm³/mol. The second-order valence-electron chi connectivity index (χ2n) is 9.23. The number of nitrogens with zero attached hydrogens (tertiary/aromatic N) is 1. The zero-order valence-corrected chi connectivity index (χ0v) is 18.5. The molecule has 2 atom stereocenters. The summed E-state index contributed by atoms with van der Waals surface area (Å²) in [5, 5.41) is 5.61. The van der Waals surface area contributed by atoms with Crippen LogP contribution < -0.4 is 10.6 Å². The van der Waals surface area contributed by atoms with Crippen molar-refractivity contribution in [2.75, 3.05) is 6.54 Å². The van der Waals surface area contributed by atoms with E-state index in [-0.39, 0.29) is 11.2 Å². The number of nitrogens with one attached hydrogen (secondary N) is 2. The molecule has 0 aliphatic carbocycles. The second kappa shape index (κ2) is 8.13. The molecule has 0 saturated carbocycles. The van der Waals surface area contributed by atoms with Crippen molar-refractivity contribution in [1.82, 2.24) is 15.5 Å². The van der Waals surface area contributed by atoms with Crippen LogP contribution in [-0.4, -0.2) is 29.3 Å². The molecule has 1 heterocycles. The Kier molecular flexibility index (Phi) is 5.89. The summed E-state index contributed by atoms with van der Waals surface area (Å²) in [6.07, 6.45) is 0. The highest BCUT2D eigenvalue weighted by molar-refractivity contribution is 6.09. The van der Waals surface area contributed by atoms with Gasteiger partial charge in [0.2, 0.25) is 5.91 Å². The Morgan fingerprint density at radius 3 is 2.23 bits per heavy atom. The van der Waals surface area contributed by atoms with Crippen LogP contribution in [0.3, 0.4) is 0 Å². The lowest BCUT2D eigenvalue weighted by Gasteiger charge is -2.32. The Hall–Kier alpha value is -3.22. The molecule has 2 aromatic carbocycles. The summed E-state index contributed by atoms with van der Waals surface area (Å²) >= 11 is 0. The zero-order valence-electron chi connectivity index (χ0n) is 18.5. The van der Waals surface area contributed by atoms with Gasteiger partial charge in [-0.3, -0.25) is 14.5 Å². The van der Waals surface area contributed by atoms with E-state index in [2.05, 4.69) is 10.6 Å². The number of halogens is 1. The fourth-order valence-corrected chi connectivity index (χ4v) is 3.73. The average Bonchev–Trinajstić information content (AvgIpc) is 2.90. The molecule has 1 aliphatic rings. The number of carbonyl (C=O) groups excluding carboxylic acids is 3. The number of carbonyl (C=O) groups is 3. The van der Waals surface area contributed by atoms with Crippen LogP contribution in [0.1, 0.15) is 50.4 Å². The van der Waals surface area contributed by atoms with Gasteiger partial charge < -0.3 is 10.6 Å². The highest BCUT2D eigenvalue weighted by atomic mass is 19.1. The molecule has 31 heavy (non-hydrogen) atoms. The van der Waals surface area contributed by atoms with Crippen LogP contribution in [0.5, 0.6) is 0 Å². The number of hydrogen-bond acceptors (Lipinski definition) is 3. The summed E-state index contributed by atoms with van der Waals surface area (Å²) in [6.45, 7) is 9.01. The van der Waals surface area contributed by atoms with Crippen molar-refractivity contribution in [3.63, 3.8) is 0 Å². The van der Waals surface area contributed by atoms with Gasteiger partial charge in [0.05, 0.1) is 6.04 Å². The minimum Gasteiger partial charge on any atom is -0.347 e. The molecule has 2 aromatic rings. The van der Waals surface area contributed by atoms with Crippen molar-refractivity contribution in [3.05, 3.63) is 71.0 Å². The van der Waals surface area contributed by atoms with E-state index in [0.717, 1.165) is 16.0 Å². The Labute approximate surface area is 181 Å². The van der Waals surface area contributed by atoms with Crippen LogP contribution >= 0.6 is 0 Å². The first-order valence-electron chi connectivity index (χ1n) is 10.2. The molecule has 6 nitrogen and oxygen atoms in total. The minimum absolute atomic E-state index is 0.363. The molecule has 2 N–H and O–H groups in total. The Bertz CT molecular complexity index is 996. The van der Waals surface area contributed by atoms with Crippen molar-refractivity contribution < 1.29 is 18.8 Å². The number of urea groups is 1. The lowest BCUT2D eigenvalue weighted by atomic mass is 9.82. The highest BCUT2D eigenvalue weighted by Gasteiger charge is 2.49. The molecule has 3 rings (SSSR count). The van der Waals surface area contributed by atoms with Crippen molar-refractivity contribution in [1.29, 1.82) is 0 Å². The minimum atomic E-state index is -1.23. The predicted octanol–water partition coefficient (Wildman–Crippen LogP) is 3.80. The highest BCUT2D eigenvalue weighted by Crippen LogP contribution is 2.33. The third kappa shape index (κ3) is 4.60. The summed E-state index contributed by atoms with van der Waals surface area (Å²) in [5.74, 6) is -1.32. The molecule has 4 amide bonds. The lowest BCUT2D eigenvalue weighted by molar-refractivity contribution is -0.135. The number of benzene rings is 2. The van der Waals surface area contributed by atoms with Crippen LogP contribution in [0.25, 0.3) is 0 Å². The third-order valence-corrected chi connectivity index (χ3v) is 5.58. The SMILES string of the molecule is Cc1ccc(C2(C)NC(=O)N(CC(=O)NC(c3ccc(F)cc3)C(C)(C)C)C2=O)cc1. The molecule has 0 bridgehead atoms. The van der Waals surface area contributed by atoms with Gasteiger partial charge in [-0.15, -0.1) is 0 Å². The van der Waals surface area contributed by atoms with Gasteiger partial charge in [-0.05, 0) is 42.5 Å². The standard InChI is InChI=1S/C24H28FN3O3/c1-15-6-10-17(11-7-15)24(5)21(30)28(22(31)27-24)14-19(29)26-20(23(2,3)4)16-8-12-18(25)13-9-16/h6-13,20H,14H2,1-5H3,(H,26,29)(H,27,31). The monoisotopic (exact) mass is 425 g/mol. The van der Waals surface area contributed by atoms with E-state index >= 15 is 0 Å². The molecule has 0 aromatic heterocycles. The van der Waals surface area contributed by atoms with E-state index in [0.29, 0.717) is 5.56 Å². The quantitative estimate of drug-likeness (QED) is 0.715. The summed E-state index contributed by atoms with van der Waals surface area (Å²) < 4.78 is 13.3. The van der Waals surface area contributed by atoms with E-state index in [1.165, 1.54) is 12.1 Å². The second-order valence-corrected chi connectivity index (χ2v) is 9.23. The van der Waals surface area contributed by atoms with E-state index in [1.807, 2.05) is 39.8 Å². The van der Waals surface area contributed by atoms with Crippen LogP contribution in [0, 0.1) is 18.2 Å². The van der Waals surface area contributed by atoms with Crippen molar-refractivity contribution in [2.45, 2.75) is 46.2 Å². The van der Waals surface area contributed by atoms with Gasteiger partial charge in [-0.25, -0.2) is 9.18 Å². The van der Waals surface area contributed by atoms with Crippen molar-refractivity contribution in [2.24, 2.45) is 5.41 Å². The molecule has 164 valence electrons. The molecule has 1 aliphatic heterocycles. The summed E-state index contributed by atoms with van der Waals surface area (Å²) in [7, 11) is 0. The van der Waals surface area contributed by atoms with Gasteiger partial charge in [0.25, 0.3) is 5.91 Å². The van der Waals surface area contributed by atoms with E-state index in [1.54, 1.807) is 31.2 Å². The maximum absolute atomic E-state index is 13.3. The fraction of sp³-hybridized carbons (Fsp3) is 0.375. The van der Waals surface area contributed by atoms with Gasteiger partial charge in [-0.1, -0.05) is 62.7 Å². The number of amides is 4. The Morgan fingerprint density at radius 1 is 1.10 bits per heavy atom. The van der Waals surface area contributed by atoms with Gasteiger partial charge in [0, 0.05) is 0 Å². The van der Waals surface area contributed by atoms with Gasteiger partial charge in [0.1, 0.15) is 17.9 Å². The smallest absolute Gasteiger partial charge is 0.325 e. The van der Waals surface area contributed by atoms with Crippen molar-refractivity contribution >= 4 is 17.8 Å². The Balaban J connectivity index is 1.77. The molecule has 0 radical (unpaired) electrons. The molecule has 1 fully saturated rings. The van der Waals surface area contributed by atoms with Gasteiger partial charge in [-0.2, -0.15) is 0 Å². The first-order valence-corrected chi connectivity index (χ1v) is 10.2. The molecule has 1 saturated heterocycles. The summed E-state index contributed by atoms with van der Waals surface area (Å²) in [5.41, 5.74) is 0.823. The average molecular weight is 426 g/mol. The molecular weight excluding hydrogens is 397 g/mol. The molecule has 0 spiro atoms. The normalized spacial score (nSPS) is 19.9. The topological polar surface area (TPSA) is 78.5 Å². The molecular formula is C24H28FN3O3. The van der Waals surface area contributed by atoms with Crippen LogP contribution in [-0.2, 0) is 15.1 Å². The lowest BCUT2D eigenvalue weighted by Crippen LogP contribution is -2.45. The van der Waals surface area contributed by atoms with E-state index in [9.17, 15) is 18.8 Å². The van der Waals surface area contributed by atoms with Gasteiger partial charge in [0.15, 0.2) is 0 Å². The Morgan fingerprint density at radius 2 is 1.68 bits per heavy atom. The van der Waals surface area contributed by atoms with Crippen molar-refractivity contribution in [3.8, 4) is 0 Å². The first-order chi connectivity index (χ1) is 14.4. The summed E-state index contributed by atoms with van der Waals surface area (Å²) in [6, 6.07) is 12.2. The molecule has 2 unspecified atom stereocenters. The van der Waals surface area contributed by atoms with Gasteiger partial charge >= 0.3 is 6.03 Å². The maximum atomic E-state index is 13.3. The summed E-state index contributed by atoms with van der Waals surface area (Å²) in [4.78, 5) is 39.4. The fourth-order valence-electron chi connectivity index (χ4n) is 3.73. The van der Waals surface area contributed by atoms with E-state index in [4.69, 9.17) is 0 Å². The van der Waals surface area contributed by atoms with Crippen LogP contribution in [0.2, 0.25) is 0 Å². The van der Waals surface area contributed by atoms with Crippen LogP contribution in [0.4, 0.5) is 9.18 Å². The number of imide groups is 1. The number of hydrogen-bond donors (Lipinski definition) is 2. The van der Waals surface area contributed by atoms with E-state index < -0.39 is 36.0 Å². The third-order valence-electron chi connectivity index (χ3n) is 5.58. The zero-order chi connectivity index (χ0) is 23.0. The maximum Gasteiger partial charge on any atom is 0.325 e. The van der Waals surface area contributed by atoms with Crippen LogP contribution in [0.15, 0.2) is 48.5 Å². The largest absolute Gasteiger partial charge is 0.347 e.